The summed E-state index contributed by atoms with van der Waals surface area (Å²) in [7, 11) is -8.37. The number of nitrogens with zero attached hydrogens (tertiary/aromatic N) is 1. The van der Waals surface area contributed by atoms with E-state index in [4.69, 9.17) is 0 Å². The molecule has 0 aromatic heterocycles. The van der Waals surface area contributed by atoms with Gasteiger partial charge in [-0.25, -0.2) is 12.8 Å². The molecule has 0 saturated carbocycles. The molecule has 0 aliphatic heterocycles. The number of fused-ring (bicyclic) bond motifs is 1. The van der Waals surface area contributed by atoms with Crippen LogP contribution in [0.1, 0.15) is 15.9 Å². The Kier molecular flexibility index (Phi) is 5.49. The average molecular weight is 471 g/mol. The lowest BCUT2D eigenvalue weighted by Crippen LogP contribution is -2.31. The SMILES string of the molecule is O=C1C(NS(=O)(=O)c2ccccc2)=C/C(=N\S(=O)(=O)c2ccc(F)cc2)c2ccccc21. The largest absolute Gasteiger partial charge is 0.287 e. The molecule has 0 heterocycles. The molecule has 7 nitrogen and oxygen atoms in total. The first-order chi connectivity index (χ1) is 15.2. The average Bonchev–Trinajstić information content (AvgIpc) is 2.77. The molecule has 0 radical (unpaired) electrons. The Hall–Kier alpha value is -3.63. The van der Waals surface area contributed by atoms with Gasteiger partial charge in [-0.1, -0.05) is 42.5 Å². The first-order valence-electron chi connectivity index (χ1n) is 9.22. The van der Waals surface area contributed by atoms with Gasteiger partial charge in [-0.2, -0.15) is 12.8 Å². The minimum Gasteiger partial charge on any atom is -0.287 e. The van der Waals surface area contributed by atoms with Crippen LogP contribution in [-0.4, -0.2) is 28.3 Å². The molecule has 0 bridgehead atoms. The number of hydrogen-bond acceptors (Lipinski definition) is 5. The Morgan fingerprint density at radius 3 is 1.97 bits per heavy atom. The molecule has 32 heavy (non-hydrogen) atoms. The third kappa shape index (κ3) is 4.23. The van der Waals surface area contributed by atoms with Crippen LogP contribution >= 0.6 is 0 Å². The van der Waals surface area contributed by atoms with Gasteiger partial charge in [-0.15, -0.1) is 0 Å². The fourth-order valence-electron chi connectivity index (χ4n) is 3.07. The van der Waals surface area contributed by atoms with E-state index in [1.165, 1.54) is 36.4 Å². The van der Waals surface area contributed by atoms with Crippen molar-refractivity contribution in [2.24, 2.45) is 4.40 Å². The molecule has 1 aliphatic carbocycles. The molecule has 3 aromatic carbocycles. The summed E-state index contributed by atoms with van der Waals surface area (Å²) in [6.07, 6.45) is 1.08. The van der Waals surface area contributed by atoms with Crippen LogP contribution in [0, 0.1) is 5.82 Å². The lowest BCUT2D eigenvalue weighted by molar-refractivity contribution is 0.102. The molecule has 0 atom stereocenters. The van der Waals surface area contributed by atoms with Gasteiger partial charge >= 0.3 is 0 Å². The number of hydrogen-bond donors (Lipinski definition) is 1. The van der Waals surface area contributed by atoms with Gasteiger partial charge in [-0.05, 0) is 42.5 Å². The minimum atomic E-state index is -4.27. The maximum absolute atomic E-state index is 13.2. The van der Waals surface area contributed by atoms with Crippen LogP contribution in [0.25, 0.3) is 0 Å². The van der Waals surface area contributed by atoms with E-state index in [0.717, 1.165) is 30.3 Å². The standard InChI is InChI=1S/C22H15FN2O5S2/c23-15-10-12-17(13-11-15)32(29,30)24-20-14-21(22(26)19-9-5-4-8-18(19)20)25-31(27,28)16-6-2-1-3-7-16/h1-14,25H/b24-20+. The Morgan fingerprint density at radius 2 is 1.31 bits per heavy atom. The predicted octanol–water partition coefficient (Wildman–Crippen LogP) is 3.06. The highest BCUT2D eigenvalue weighted by molar-refractivity contribution is 7.90. The van der Waals surface area contributed by atoms with Gasteiger partial charge in [-0.3, -0.25) is 9.52 Å². The minimum absolute atomic E-state index is 0.0648. The van der Waals surface area contributed by atoms with Crippen molar-refractivity contribution in [2.75, 3.05) is 0 Å². The van der Waals surface area contributed by atoms with Crippen LogP contribution in [0.2, 0.25) is 0 Å². The van der Waals surface area contributed by atoms with Crippen LogP contribution < -0.4 is 4.72 Å². The summed E-state index contributed by atoms with van der Waals surface area (Å²) in [5.41, 5.74) is -0.157. The van der Waals surface area contributed by atoms with Crippen molar-refractivity contribution in [3.8, 4) is 0 Å². The number of carbonyl (C=O) groups is 1. The summed E-state index contributed by atoms with van der Waals surface area (Å²) < 4.78 is 70.1. The van der Waals surface area contributed by atoms with E-state index in [2.05, 4.69) is 9.12 Å². The van der Waals surface area contributed by atoms with Crippen LogP contribution in [0.3, 0.4) is 0 Å². The quantitative estimate of drug-likeness (QED) is 0.616. The summed E-state index contributed by atoms with van der Waals surface area (Å²) in [4.78, 5) is 12.6. The Balaban J connectivity index is 1.82. The van der Waals surface area contributed by atoms with Crippen LogP contribution in [-0.2, 0) is 20.0 Å². The summed E-state index contributed by atoms with van der Waals surface area (Å²) in [6.45, 7) is 0. The topological polar surface area (TPSA) is 110 Å². The van der Waals surface area contributed by atoms with Gasteiger partial charge in [0, 0.05) is 11.1 Å². The summed E-state index contributed by atoms with van der Waals surface area (Å²) >= 11 is 0. The van der Waals surface area contributed by atoms with E-state index in [1.807, 2.05) is 0 Å². The van der Waals surface area contributed by atoms with Crippen LogP contribution in [0.15, 0.2) is 105 Å². The van der Waals surface area contributed by atoms with Crippen molar-refractivity contribution in [3.05, 3.63) is 108 Å². The van der Waals surface area contributed by atoms with Crippen molar-refractivity contribution < 1.29 is 26.0 Å². The third-order valence-electron chi connectivity index (χ3n) is 4.60. The highest BCUT2D eigenvalue weighted by atomic mass is 32.2. The highest BCUT2D eigenvalue weighted by Crippen LogP contribution is 2.24. The fourth-order valence-corrected chi connectivity index (χ4v) is 5.14. The van der Waals surface area contributed by atoms with Gasteiger partial charge in [0.2, 0.25) is 5.78 Å². The highest BCUT2D eigenvalue weighted by Gasteiger charge is 2.29. The monoisotopic (exact) mass is 470 g/mol. The molecule has 1 aliphatic rings. The number of carbonyl (C=O) groups excluding carboxylic acids is 1. The van der Waals surface area contributed by atoms with E-state index in [1.54, 1.807) is 18.2 Å². The van der Waals surface area contributed by atoms with Crippen molar-refractivity contribution >= 4 is 31.5 Å². The molecule has 0 spiro atoms. The number of ketones is 1. The first kappa shape index (κ1) is 21.6. The Bertz CT molecular complexity index is 1480. The number of Topliss-reactive ketones (excluding diaryl/α,β-unsaturated/α-hetero) is 1. The smallest absolute Gasteiger partial charge is 0.282 e. The molecule has 0 unspecified atom stereocenters. The van der Waals surface area contributed by atoms with Crippen LogP contribution in [0.4, 0.5) is 4.39 Å². The fraction of sp³-hybridized carbons (Fsp3) is 0. The van der Waals surface area contributed by atoms with Gasteiger partial charge in [0.05, 0.1) is 21.2 Å². The van der Waals surface area contributed by atoms with E-state index < -0.39 is 31.6 Å². The molecule has 1 N–H and O–H groups in total. The van der Waals surface area contributed by atoms with Gasteiger partial charge in [0.1, 0.15) is 5.82 Å². The second kappa shape index (κ2) is 8.13. The maximum atomic E-state index is 13.2. The Morgan fingerprint density at radius 1 is 0.719 bits per heavy atom. The van der Waals surface area contributed by atoms with Gasteiger partial charge < -0.3 is 0 Å². The zero-order valence-corrected chi connectivity index (χ0v) is 17.9. The molecule has 0 amide bonds. The molecular formula is C22H15FN2O5S2. The zero-order chi connectivity index (χ0) is 22.9. The summed E-state index contributed by atoms with van der Waals surface area (Å²) in [6, 6.07) is 17.6. The van der Waals surface area contributed by atoms with Gasteiger partial charge in [0.15, 0.2) is 0 Å². The number of nitrogens with one attached hydrogen (secondary N) is 1. The lowest BCUT2D eigenvalue weighted by Gasteiger charge is -2.18. The van der Waals surface area contributed by atoms with Crippen LogP contribution in [0.5, 0.6) is 0 Å². The molecule has 4 rings (SSSR count). The van der Waals surface area contributed by atoms with E-state index in [9.17, 15) is 26.0 Å². The molecule has 162 valence electrons. The van der Waals surface area contributed by atoms with E-state index in [0.29, 0.717) is 0 Å². The molecule has 10 heteroatoms. The predicted molar refractivity (Wildman–Crippen MR) is 116 cm³/mol. The number of allylic oxidation sites excluding steroid dienone is 2. The Labute approximate surface area is 184 Å². The maximum Gasteiger partial charge on any atom is 0.282 e. The van der Waals surface area contributed by atoms with Crippen molar-refractivity contribution in [2.45, 2.75) is 9.79 Å². The number of halogens is 1. The summed E-state index contributed by atoms with van der Waals surface area (Å²) in [5, 5.41) is 0. The van der Waals surface area contributed by atoms with Crippen molar-refractivity contribution in [3.63, 3.8) is 0 Å². The van der Waals surface area contributed by atoms with E-state index >= 15 is 0 Å². The zero-order valence-electron chi connectivity index (χ0n) is 16.3. The normalized spacial score (nSPS) is 15.2. The second-order valence-electron chi connectivity index (χ2n) is 6.76. The molecule has 0 saturated heterocycles. The van der Waals surface area contributed by atoms with Gasteiger partial charge in [0.25, 0.3) is 20.0 Å². The van der Waals surface area contributed by atoms with E-state index in [-0.39, 0.29) is 32.3 Å². The van der Waals surface area contributed by atoms with Crippen molar-refractivity contribution in [1.29, 1.82) is 0 Å². The lowest BCUT2D eigenvalue weighted by atomic mass is 9.93. The number of rotatable bonds is 5. The van der Waals surface area contributed by atoms with Crippen molar-refractivity contribution in [1.82, 2.24) is 4.72 Å². The number of benzene rings is 3. The molecule has 3 aromatic rings. The first-order valence-corrected chi connectivity index (χ1v) is 12.1. The third-order valence-corrected chi connectivity index (χ3v) is 7.29. The molecular weight excluding hydrogens is 455 g/mol. The second-order valence-corrected chi connectivity index (χ2v) is 10.0. The number of sulfonamides is 2. The molecule has 0 fully saturated rings. The summed E-state index contributed by atoms with van der Waals surface area (Å²) in [5.74, 6) is -1.24.